The topological polar surface area (TPSA) is 81.6 Å². The van der Waals surface area contributed by atoms with Crippen LogP contribution in [0.2, 0.25) is 0 Å². The number of nitrogens with one attached hydrogen (secondary N) is 3. The normalized spacial score (nSPS) is 18.0. The number of carbonyl (C=O) groups excluding carboxylic acids is 1. The van der Waals surface area contributed by atoms with Crippen molar-refractivity contribution < 1.29 is 9.18 Å². The van der Waals surface area contributed by atoms with E-state index in [1.54, 1.807) is 19.3 Å². The fraction of sp³-hybridized carbons (Fsp3) is 0.611. The first-order valence-electron chi connectivity index (χ1n) is 8.92. The first kappa shape index (κ1) is 19.9. The van der Waals surface area contributed by atoms with Gasteiger partial charge in [-0.2, -0.15) is 0 Å². The van der Waals surface area contributed by atoms with Crippen LogP contribution in [-0.4, -0.2) is 56.1 Å². The lowest BCUT2D eigenvalue weighted by Gasteiger charge is -2.20. The maximum atomic E-state index is 13.9. The van der Waals surface area contributed by atoms with Crippen LogP contribution in [0.5, 0.6) is 0 Å². The zero-order valence-electron chi connectivity index (χ0n) is 16.0. The van der Waals surface area contributed by atoms with Gasteiger partial charge in [0.25, 0.3) is 0 Å². The molecule has 1 atom stereocenters. The Morgan fingerprint density at radius 1 is 1.38 bits per heavy atom. The third kappa shape index (κ3) is 5.57. The van der Waals surface area contributed by atoms with Crippen molar-refractivity contribution in [2.24, 2.45) is 10.4 Å². The molecule has 144 valence electrons. The predicted octanol–water partition coefficient (Wildman–Crippen LogP) is 1.13. The predicted molar refractivity (Wildman–Crippen MR) is 102 cm³/mol. The molecule has 0 radical (unpaired) electrons. The van der Waals surface area contributed by atoms with Gasteiger partial charge in [-0.05, 0) is 18.6 Å². The van der Waals surface area contributed by atoms with E-state index in [1.807, 2.05) is 25.7 Å². The van der Waals surface area contributed by atoms with Crippen LogP contribution in [0.3, 0.4) is 0 Å². The van der Waals surface area contributed by atoms with Gasteiger partial charge < -0.3 is 20.9 Å². The van der Waals surface area contributed by atoms with E-state index in [0.29, 0.717) is 31.4 Å². The minimum absolute atomic E-state index is 0.0195. The molecule has 0 saturated carbocycles. The summed E-state index contributed by atoms with van der Waals surface area (Å²) < 4.78 is 13.9. The maximum absolute atomic E-state index is 13.9. The van der Waals surface area contributed by atoms with Crippen molar-refractivity contribution in [1.82, 2.24) is 20.9 Å². The van der Waals surface area contributed by atoms with Gasteiger partial charge in [0.15, 0.2) is 17.6 Å². The van der Waals surface area contributed by atoms with Crippen LogP contribution in [0.4, 0.5) is 10.2 Å². The van der Waals surface area contributed by atoms with Gasteiger partial charge in [0.2, 0.25) is 5.91 Å². The van der Waals surface area contributed by atoms with Crippen LogP contribution in [0.25, 0.3) is 0 Å². The molecule has 7 nitrogen and oxygen atoms in total. The number of aliphatic imine (C=N–C) groups is 1. The number of amides is 1. The SMILES string of the molecule is CN=C(NCCNC(=O)C(C)(C)C)NC1CCN(c2ncccc2F)C1. The zero-order chi connectivity index (χ0) is 19.2. The average Bonchev–Trinajstić information content (AvgIpc) is 3.05. The number of hydrogen-bond donors (Lipinski definition) is 3. The number of guanidine groups is 1. The van der Waals surface area contributed by atoms with Gasteiger partial charge in [0.05, 0.1) is 0 Å². The Morgan fingerprint density at radius 2 is 2.12 bits per heavy atom. The number of aromatic nitrogens is 1. The third-order valence-electron chi connectivity index (χ3n) is 4.18. The van der Waals surface area contributed by atoms with Gasteiger partial charge in [-0.25, -0.2) is 9.37 Å². The van der Waals surface area contributed by atoms with Gasteiger partial charge in [-0.15, -0.1) is 0 Å². The number of halogens is 1. The highest BCUT2D eigenvalue weighted by Gasteiger charge is 2.26. The first-order valence-corrected chi connectivity index (χ1v) is 8.92. The Hall–Kier alpha value is -2.38. The van der Waals surface area contributed by atoms with Crippen molar-refractivity contribution in [3.8, 4) is 0 Å². The summed E-state index contributed by atoms with van der Waals surface area (Å²) in [6, 6.07) is 3.18. The quantitative estimate of drug-likeness (QED) is 0.415. The number of rotatable bonds is 5. The van der Waals surface area contributed by atoms with Crippen LogP contribution in [0, 0.1) is 11.2 Å². The summed E-state index contributed by atoms with van der Waals surface area (Å²) in [6.45, 7) is 8.14. The summed E-state index contributed by atoms with van der Waals surface area (Å²) in [5.41, 5.74) is -0.395. The molecule has 0 aliphatic carbocycles. The Balaban J connectivity index is 1.75. The molecule has 1 aliphatic rings. The lowest BCUT2D eigenvalue weighted by molar-refractivity contribution is -0.128. The molecule has 1 saturated heterocycles. The summed E-state index contributed by atoms with van der Waals surface area (Å²) in [4.78, 5) is 22.1. The molecule has 8 heteroatoms. The van der Waals surface area contributed by atoms with Gasteiger partial charge in [0.1, 0.15) is 0 Å². The van der Waals surface area contributed by atoms with E-state index in [2.05, 4.69) is 25.9 Å². The second-order valence-electron chi connectivity index (χ2n) is 7.39. The smallest absolute Gasteiger partial charge is 0.225 e. The number of pyridine rings is 1. The molecular formula is C18H29FN6O. The molecular weight excluding hydrogens is 335 g/mol. The van der Waals surface area contributed by atoms with Gasteiger partial charge in [0, 0.05) is 50.9 Å². The van der Waals surface area contributed by atoms with Crippen LogP contribution in [-0.2, 0) is 4.79 Å². The number of anilines is 1. The van der Waals surface area contributed by atoms with Crippen molar-refractivity contribution in [3.63, 3.8) is 0 Å². The lowest BCUT2D eigenvalue weighted by Crippen LogP contribution is -2.47. The van der Waals surface area contributed by atoms with Crippen LogP contribution < -0.4 is 20.9 Å². The Labute approximate surface area is 154 Å². The molecule has 3 N–H and O–H groups in total. The Bertz CT molecular complexity index is 643. The van der Waals surface area contributed by atoms with E-state index >= 15 is 0 Å². The first-order chi connectivity index (χ1) is 12.3. The second kappa shape index (κ2) is 8.82. The van der Waals surface area contributed by atoms with Gasteiger partial charge in [-0.3, -0.25) is 9.79 Å². The van der Waals surface area contributed by atoms with Crippen LogP contribution in [0.15, 0.2) is 23.3 Å². The maximum Gasteiger partial charge on any atom is 0.225 e. The molecule has 0 bridgehead atoms. The van der Waals surface area contributed by atoms with E-state index in [4.69, 9.17) is 0 Å². The van der Waals surface area contributed by atoms with Gasteiger partial charge >= 0.3 is 0 Å². The van der Waals surface area contributed by atoms with Crippen molar-refractivity contribution in [3.05, 3.63) is 24.1 Å². The van der Waals surface area contributed by atoms with Crippen LogP contribution >= 0.6 is 0 Å². The molecule has 2 heterocycles. The summed E-state index contributed by atoms with van der Waals surface area (Å²) in [6.07, 6.45) is 2.48. The van der Waals surface area contributed by atoms with Crippen molar-refractivity contribution in [1.29, 1.82) is 0 Å². The molecule has 26 heavy (non-hydrogen) atoms. The molecule has 1 aliphatic heterocycles. The van der Waals surface area contributed by atoms with Gasteiger partial charge in [-0.1, -0.05) is 20.8 Å². The zero-order valence-corrected chi connectivity index (χ0v) is 16.0. The summed E-state index contributed by atoms with van der Waals surface area (Å²) in [5.74, 6) is 0.782. The molecule has 0 aromatic carbocycles. The molecule has 1 aromatic heterocycles. The fourth-order valence-electron chi connectivity index (χ4n) is 2.69. The molecule has 1 unspecified atom stereocenters. The van der Waals surface area contributed by atoms with E-state index in [1.165, 1.54) is 6.07 Å². The largest absolute Gasteiger partial charge is 0.355 e. The minimum Gasteiger partial charge on any atom is -0.355 e. The van der Waals surface area contributed by atoms with Crippen molar-refractivity contribution >= 4 is 17.7 Å². The standard InChI is InChI=1S/C18H29FN6O/c1-18(2,3)16(26)22-9-10-23-17(20-4)24-13-7-11-25(12-13)15-14(19)6-5-8-21-15/h5-6,8,13H,7,9-12H2,1-4H3,(H,22,26)(H2,20,23,24). The van der Waals surface area contributed by atoms with Crippen LogP contribution in [0.1, 0.15) is 27.2 Å². The molecule has 2 rings (SSSR count). The monoisotopic (exact) mass is 364 g/mol. The summed E-state index contributed by atoms with van der Waals surface area (Å²) >= 11 is 0. The highest BCUT2D eigenvalue weighted by molar-refractivity contribution is 5.82. The number of nitrogens with zero attached hydrogens (tertiary/aromatic N) is 3. The molecule has 1 aromatic rings. The summed E-state index contributed by atoms with van der Waals surface area (Å²) in [7, 11) is 1.70. The third-order valence-corrected chi connectivity index (χ3v) is 4.18. The van der Waals surface area contributed by atoms with E-state index in [0.717, 1.165) is 13.0 Å². The molecule has 0 spiro atoms. The lowest BCUT2D eigenvalue weighted by atomic mass is 9.96. The van der Waals surface area contributed by atoms with E-state index < -0.39 is 5.41 Å². The van der Waals surface area contributed by atoms with E-state index in [9.17, 15) is 9.18 Å². The highest BCUT2D eigenvalue weighted by atomic mass is 19.1. The van der Waals surface area contributed by atoms with Crippen molar-refractivity contribution in [2.45, 2.75) is 33.2 Å². The summed E-state index contributed by atoms with van der Waals surface area (Å²) in [5, 5.41) is 9.41. The fourth-order valence-corrected chi connectivity index (χ4v) is 2.69. The number of carbonyl (C=O) groups is 1. The molecule has 1 amide bonds. The highest BCUT2D eigenvalue weighted by Crippen LogP contribution is 2.20. The number of hydrogen-bond acceptors (Lipinski definition) is 4. The Kier molecular flexibility index (Phi) is 6.76. The Morgan fingerprint density at radius 3 is 2.77 bits per heavy atom. The molecule has 1 fully saturated rings. The second-order valence-corrected chi connectivity index (χ2v) is 7.39. The van der Waals surface area contributed by atoms with Crippen molar-refractivity contribution in [2.75, 3.05) is 38.1 Å². The van der Waals surface area contributed by atoms with E-state index in [-0.39, 0.29) is 17.8 Å². The average molecular weight is 364 g/mol. The minimum atomic E-state index is -0.395.